The molecule has 3 nitrogen and oxygen atoms in total. The van der Waals surface area contributed by atoms with E-state index in [0.717, 1.165) is 31.7 Å². The third-order valence-corrected chi connectivity index (χ3v) is 3.79. The summed E-state index contributed by atoms with van der Waals surface area (Å²) in [6, 6.07) is 8.43. The number of rotatable bonds is 6. The SMILES string of the molecule is CCc1cccc(OCCCN2CCN(C)CC2)c1. The van der Waals surface area contributed by atoms with Gasteiger partial charge in [0.1, 0.15) is 5.75 Å². The van der Waals surface area contributed by atoms with Crippen molar-refractivity contribution in [3.63, 3.8) is 0 Å². The Bertz CT molecular complexity index is 373. The van der Waals surface area contributed by atoms with E-state index < -0.39 is 0 Å². The summed E-state index contributed by atoms with van der Waals surface area (Å²) in [4.78, 5) is 4.93. The zero-order chi connectivity index (χ0) is 13.5. The number of nitrogens with zero attached hydrogens (tertiary/aromatic N) is 2. The monoisotopic (exact) mass is 262 g/mol. The van der Waals surface area contributed by atoms with Crippen molar-refractivity contribution >= 4 is 0 Å². The summed E-state index contributed by atoms with van der Waals surface area (Å²) in [6.07, 6.45) is 2.18. The maximum absolute atomic E-state index is 5.82. The Kier molecular flexibility index (Phi) is 5.67. The van der Waals surface area contributed by atoms with Gasteiger partial charge in [-0.15, -0.1) is 0 Å². The first kappa shape index (κ1) is 14.4. The van der Waals surface area contributed by atoms with Crippen molar-refractivity contribution in [1.29, 1.82) is 0 Å². The van der Waals surface area contributed by atoms with E-state index in [4.69, 9.17) is 4.74 Å². The summed E-state index contributed by atoms with van der Waals surface area (Å²) in [5.74, 6) is 1.01. The van der Waals surface area contributed by atoms with Gasteiger partial charge < -0.3 is 14.5 Å². The van der Waals surface area contributed by atoms with Crippen LogP contribution in [-0.2, 0) is 6.42 Å². The van der Waals surface area contributed by atoms with Gasteiger partial charge in [-0.1, -0.05) is 19.1 Å². The molecule has 3 heteroatoms. The third-order valence-electron chi connectivity index (χ3n) is 3.79. The molecule has 0 amide bonds. The number of aryl methyl sites for hydroxylation is 1. The van der Waals surface area contributed by atoms with Crippen molar-refractivity contribution in [3.05, 3.63) is 29.8 Å². The van der Waals surface area contributed by atoms with Gasteiger partial charge in [0.2, 0.25) is 0 Å². The normalized spacial score (nSPS) is 17.6. The number of hydrogen-bond donors (Lipinski definition) is 0. The predicted octanol–water partition coefficient (Wildman–Crippen LogP) is 2.27. The third kappa shape index (κ3) is 4.84. The average molecular weight is 262 g/mol. The van der Waals surface area contributed by atoms with Crippen molar-refractivity contribution in [3.8, 4) is 5.75 Å². The van der Waals surface area contributed by atoms with E-state index in [-0.39, 0.29) is 0 Å². The number of benzene rings is 1. The van der Waals surface area contributed by atoms with Crippen LogP contribution in [0.1, 0.15) is 18.9 Å². The summed E-state index contributed by atoms with van der Waals surface area (Å²) in [5.41, 5.74) is 1.34. The summed E-state index contributed by atoms with van der Waals surface area (Å²) in [7, 11) is 2.20. The van der Waals surface area contributed by atoms with Crippen LogP contribution in [0, 0.1) is 0 Å². The minimum absolute atomic E-state index is 0.819. The zero-order valence-corrected chi connectivity index (χ0v) is 12.3. The quantitative estimate of drug-likeness (QED) is 0.731. The maximum Gasteiger partial charge on any atom is 0.119 e. The van der Waals surface area contributed by atoms with Gasteiger partial charge in [-0.2, -0.15) is 0 Å². The molecule has 1 saturated heterocycles. The van der Waals surface area contributed by atoms with Crippen LogP contribution >= 0.6 is 0 Å². The standard InChI is InChI=1S/C16H26N2O/c1-3-15-6-4-7-16(14-15)19-13-5-8-18-11-9-17(2)10-12-18/h4,6-7,14H,3,5,8-13H2,1-2H3. The molecule has 0 unspecified atom stereocenters. The lowest BCUT2D eigenvalue weighted by molar-refractivity contribution is 0.145. The maximum atomic E-state index is 5.82. The molecule has 1 aliphatic rings. The molecule has 0 aliphatic carbocycles. The molecule has 1 heterocycles. The summed E-state index contributed by atoms with van der Waals surface area (Å²) >= 11 is 0. The van der Waals surface area contributed by atoms with Gasteiger partial charge in [0.05, 0.1) is 6.61 Å². The molecule has 0 N–H and O–H groups in total. The second kappa shape index (κ2) is 7.51. The van der Waals surface area contributed by atoms with Crippen LogP contribution in [0.3, 0.4) is 0 Å². The van der Waals surface area contributed by atoms with E-state index in [2.05, 4.69) is 48.0 Å². The van der Waals surface area contributed by atoms with Crippen molar-refractivity contribution in [1.82, 2.24) is 9.80 Å². The molecule has 0 aromatic heterocycles. The molecule has 19 heavy (non-hydrogen) atoms. The van der Waals surface area contributed by atoms with Crippen LogP contribution in [0.25, 0.3) is 0 Å². The van der Waals surface area contributed by atoms with E-state index in [1.165, 1.54) is 31.7 Å². The first-order chi connectivity index (χ1) is 9.28. The van der Waals surface area contributed by atoms with E-state index in [1.807, 2.05) is 0 Å². The molecule has 106 valence electrons. The Hall–Kier alpha value is -1.06. The lowest BCUT2D eigenvalue weighted by Gasteiger charge is -2.32. The highest BCUT2D eigenvalue weighted by Gasteiger charge is 2.12. The first-order valence-electron chi connectivity index (χ1n) is 7.40. The molecule has 0 bridgehead atoms. The number of piperazine rings is 1. The van der Waals surface area contributed by atoms with Crippen LogP contribution in [0.2, 0.25) is 0 Å². The highest BCUT2D eigenvalue weighted by molar-refractivity contribution is 5.28. The predicted molar refractivity (Wildman–Crippen MR) is 79.9 cm³/mol. The highest BCUT2D eigenvalue weighted by Crippen LogP contribution is 2.14. The Labute approximate surface area is 117 Å². The minimum Gasteiger partial charge on any atom is -0.494 e. The fourth-order valence-corrected chi connectivity index (χ4v) is 2.40. The van der Waals surface area contributed by atoms with Crippen molar-refractivity contribution in [2.24, 2.45) is 0 Å². The van der Waals surface area contributed by atoms with E-state index in [9.17, 15) is 0 Å². The van der Waals surface area contributed by atoms with Crippen LogP contribution in [0.5, 0.6) is 5.75 Å². The van der Waals surface area contributed by atoms with Gasteiger partial charge in [-0.3, -0.25) is 0 Å². The van der Waals surface area contributed by atoms with E-state index in [1.54, 1.807) is 0 Å². The number of likely N-dealkylation sites (N-methyl/N-ethyl adjacent to an activating group) is 1. The molecule has 1 aliphatic heterocycles. The topological polar surface area (TPSA) is 15.7 Å². The van der Waals surface area contributed by atoms with Crippen molar-refractivity contribution in [2.75, 3.05) is 46.4 Å². The molecule has 0 atom stereocenters. The molecular formula is C16H26N2O. The van der Waals surface area contributed by atoms with E-state index in [0.29, 0.717) is 0 Å². The minimum atomic E-state index is 0.819. The number of hydrogen-bond acceptors (Lipinski definition) is 3. The van der Waals surface area contributed by atoms with Crippen LogP contribution in [-0.4, -0.2) is 56.2 Å². The second-order valence-corrected chi connectivity index (χ2v) is 5.35. The van der Waals surface area contributed by atoms with E-state index >= 15 is 0 Å². The molecule has 1 aromatic carbocycles. The van der Waals surface area contributed by atoms with Gasteiger partial charge in [0.15, 0.2) is 0 Å². The van der Waals surface area contributed by atoms with Gasteiger partial charge in [0, 0.05) is 32.7 Å². The fourth-order valence-electron chi connectivity index (χ4n) is 2.40. The lowest BCUT2D eigenvalue weighted by Crippen LogP contribution is -2.44. The molecule has 0 spiro atoms. The average Bonchev–Trinajstić information content (AvgIpc) is 2.46. The molecular weight excluding hydrogens is 236 g/mol. The Balaban J connectivity index is 1.63. The van der Waals surface area contributed by atoms with Gasteiger partial charge in [0.25, 0.3) is 0 Å². The van der Waals surface area contributed by atoms with Crippen LogP contribution in [0.15, 0.2) is 24.3 Å². The summed E-state index contributed by atoms with van der Waals surface area (Å²) in [6.45, 7) is 8.93. The lowest BCUT2D eigenvalue weighted by atomic mass is 10.2. The smallest absolute Gasteiger partial charge is 0.119 e. The van der Waals surface area contributed by atoms with Crippen molar-refractivity contribution in [2.45, 2.75) is 19.8 Å². The van der Waals surface area contributed by atoms with Gasteiger partial charge in [-0.25, -0.2) is 0 Å². The molecule has 0 radical (unpaired) electrons. The Morgan fingerprint density at radius 3 is 2.68 bits per heavy atom. The fraction of sp³-hybridized carbons (Fsp3) is 0.625. The molecule has 1 aromatic rings. The van der Waals surface area contributed by atoms with Gasteiger partial charge in [-0.05, 0) is 37.6 Å². The zero-order valence-electron chi connectivity index (χ0n) is 12.3. The molecule has 1 fully saturated rings. The van der Waals surface area contributed by atoms with Crippen molar-refractivity contribution < 1.29 is 4.74 Å². The van der Waals surface area contributed by atoms with Crippen LogP contribution < -0.4 is 4.74 Å². The van der Waals surface area contributed by atoms with Gasteiger partial charge >= 0.3 is 0 Å². The number of ether oxygens (including phenoxy) is 1. The largest absolute Gasteiger partial charge is 0.494 e. The Morgan fingerprint density at radius 1 is 1.16 bits per heavy atom. The summed E-state index contributed by atoms with van der Waals surface area (Å²) < 4.78 is 5.82. The molecule has 0 saturated carbocycles. The summed E-state index contributed by atoms with van der Waals surface area (Å²) in [5, 5.41) is 0. The first-order valence-corrected chi connectivity index (χ1v) is 7.40. The second-order valence-electron chi connectivity index (χ2n) is 5.35. The van der Waals surface area contributed by atoms with Crippen LogP contribution in [0.4, 0.5) is 0 Å². The Morgan fingerprint density at radius 2 is 1.95 bits per heavy atom. The molecule has 2 rings (SSSR count). The highest BCUT2D eigenvalue weighted by atomic mass is 16.5.